The molecule has 5 rings (SSSR count). The minimum atomic E-state index is 0.278. The Morgan fingerprint density at radius 2 is 1.87 bits per heavy atom. The Hall–Kier alpha value is -2.23. The predicted octanol–water partition coefficient (Wildman–Crippen LogP) is 4.99. The molecule has 2 aliphatic heterocycles. The summed E-state index contributed by atoms with van der Waals surface area (Å²) in [5.74, 6) is 1.03. The summed E-state index contributed by atoms with van der Waals surface area (Å²) in [4.78, 5) is 17.4. The third kappa shape index (κ3) is 4.01. The van der Waals surface area contributed by atoms with E-state index in [4.69, 9.17) is 0 Å². The van der Waals surface area contributed by atoms with Gasteiger partial charge in [0.2, 0.25) is 5.91 Å². The van der Waals surface area contributed by atoms with Crippen LogP contribution in [0.2, 0.25) is 0 Å². The van der Waals surface area contributed by atoms with Crippen molar-refractivity contribution in [2.75, 3.05) is 42.9 Å². The number of likely N-dealkylation sites (tertiary alicyclic amines) is 1. The van der Waals surface area contributed by atoms with Gasteiger partial charge in [-0.1, -0.05) is 30.4 Å². The van der Waals surface area contributed by atoms with Crippen molar-refractivity contribution in [1.82, 2.24) is 4.90 Å². The Bertz CT molecular complexity index is 828. The minimum Gasteiger partial charge on any atom is -0.383 e. The Balaban J connectivity index is 1.14. The Morgan fingerprint density at radius 1 is 1.07 bits per heavy atom. The van der Waals surface area contributed by atoms with Crippen molar-refractivity contribution in [3.8, 4) is 0 Å². The molecule has 1 N–H and O–H groups in total. The highest BCUT2D eigenvalue weighted by Gasteiger charge is 2.54. The molecule has 160 valence electrons. The van der Waals surface area contributed by atoms with Crippen LogP contribution in [-0.4, -0.2) is 43.5 Å². The van der Waals surface area contributed by atoms with Gasteiger partial charge in [-0.05, 0) is 74.8 Å². The summed E-state index contributed by atoms with van der Waals surface area (Å²) in [5.41, 5.74) is 4.15. The average Bonchev–Trinajstić information content (AvgIpc) is 3.50. The van der Waals surface area contributed by atoms with E-state index >= 15 is 0 Å². The van der Waals surface area contributed by atoms with Gasteiger partial charge in [0.25, 0.3) is 0 Å². The lowest BCUT2D eigenvalue weighted by molar-refractivity contribution is -0.128. The molecule has 1 saturated carbocycles. The Morgan fingerprint density at radius 3 is 2.63 bits per heavy atom. The van der Waals surface area contributed by atoms with Gasteiger partial charge in [0.1, 0.15) is 0 Å². The second-order valence-electron chi connectivity index (χ2n) is 9.66. The molecule has 4 nitrogen and oxygen atoms in total. The quantitative estimate of drug-likeness (QED) is 0.749. The van der Waals surface area contributed by atoms with Gasteiger partial charge in [-0.15, -0.1) is 0 Å². The lowest BCUT2D eigenvalue weighted by atomic mass is 9.90. The first-order valence-corrected chi connectivity index (χ1v) is 12.0. The molecule has 2 saturated heterocycles. The van der Waals surface area contributed by atoms with Crippen LogP contribution < -0.4 is 10.2 Å². The molecule has 1 unspecified atom stereocenters. The van der Waals surface area contributed by atoms with Crippen molar-refractivity contribution >= 4 is 17.3 Å². The fraction of sp³-hybridized carbons (Fsp3) is 0.577. The van der Waals surface area contributed by atoms with E-state index in [1.165, 1.54) is 63.0 Å². The number of rotatable bonds is 5. The highest BCUT2D eigenvalue weighted by molar-refractivity contribution is 5.94. The number of nitrogens with zero attached hydrogens (tertiary/aromatic N) is 2. The lowest BCUT2D eigenvalue weighted by Crippen LogP contribution is -2.40. The maximum atomic E-state index is 12.8. The molecule has 30 heavy (non-hydrogen) atoms. The molecule has 1 amide bonds. The summed E-state index contributed by atoms with van der Waals surface area (Å²) < 4.78 is 0. The monoisotopic (exact) mass is 405 g/mol. The van der Waals surface area contributed by atoms with Crippen LogP contribution in [0.25, 0.3) is 0 Å². The van der Waals surface area contributed by atoms with E-state index in [2.05, 4.69) is 45.5 Å². The van der Waals surface area contributed by atoms with E-state index in [0.29, 0.717) is 5.41 Å². The first-order valence-electron chi connectivity index (χ1n) is 12.0. The summed E-state index contributed by atoms with van der Waals surface area (Å²) in [5, 5.41) is 3.79. The molecule has 0 aromatic heterocycles. The maximum Gasteiger partial charge on any atom is 0.249 e. The van der Waals surface area contributed by atoms with Gasteiger partial charge in [0.05, 0.1) is 11.4 Å². The minimum absolute atomic E-state index is 0.278. The van der Waals surface area contributed by atoms with E-state index in [1.54, 1.807) is 0 Å². The molecule has 1 aromatic carbocycles. The zero-order chi connectivity index (χ0) is 20.4. The Kier molecular flexibility index (Phi) is 5.58. The first kappa shape index (κ1) is 19.7. The summed E-state index contributed by atoms with van der Waals surface area (Å²) in [6.45, 7) is 5.29. The number of amides is 1. The van der Waals surface area contributed by atoms with Crippen LogP contribution in [0, 0.1) is 11.3 Å². The van der Waals surface area contributed by atoms with E-state index in [9.17, 15) is 4.79 Å². The SMILES string of the molecule is O=C(C1=CC=CCC1)N1CCC2(CC1)CC2CNc1ccccc1N1CCCCC1. The van der Waals surface area contributed by atoms with Gasteiger partial charge in [0, 0.05) is 38.3 Å². The molecule has 0 radical (unpaired) electrons. The number of hydrogen-bond donors (Lipinski definition) is 1. The molecule has 4 aliphatic rings. The smallest absolute Gasteiger partial charge is 0.249 e. The van der Waals surface area contributed by atoms with Crippen LogP contribution in [0.4, 0.5) is 11.4 Å². The number of nitrogens with one attached hydrogen (secondary N) is 1. The van der Waals surface area contributed by atoms with Crippen molar-refractivity contribution in [3.63, 3.8) is 0 Å². The van der Waals surface area contributed by atoms with Crippen molar-refractivity contribution < 1.29 is 4.79 Å². The molecule has 1 spiro atoms. The van der Waals surface area contributed by atoms with E-state index in [-0.39, 0.29) is 5.91 Å². The van der Waals surface area contributed by atoms with E-state index < -0.39 is 0 Å². The molecule has 0 bridgehead atoms. The number of para-hydroxylation sites is 2. The fourth-order valence-corrected chi connectivity index (χ4v) is 5.74. The average molecular weight is 406 g/mol. The van der Waals surface area contributed by atoms with E-state index in [1.807, 2.05) is 12.2 Å². The molecule has 1 aromatic rings. The molecule has 3 fully saturated rings. The molecular weight excluding hydrogens is 370 g/mol. The van der Waals surface area contributed by atoms with Gasteiger partial charge in [-0.3, -0.25) is 4.79 Å². The van der Waals surface area contributed by atoms with Crippen LogP contribution in [0.3, 0.4) is 0 Å². The molecule has 4 heteroatoms. The van der Waals surface area contributed by atoms with Crippen molar-refractivity contribution in [2.45, 2.75) is 51.4 Å². The summed E-state index contributed by atoms with van der Waals surface area (Å²) in [6.07, 6.45) is 15.7. The zero-order valence-corrected chi connectivity index (χ0v) is 18.1. The standard InChI is InChI=1S/C26H35N3O/c30-25(21-9-3-1-4-10-21)29-17-13-26(14-18-29)19-22(26)20-27-23-11-5-6-12-24(23)28-15-7-2-8-16-28/h1,3,5-6,9,11-12,22,27H,2,4,7-8,10,13-20H2. The number of anilines is 2. The van der Waals surface area contributed by atoms with Gasteiger partial charge in [-0.25, -0.2) is 0 Å². The third-order valence-corrected chi connectivity index (χ3v) is 7.83. The number of carbonyl (C=O) groups excluding carboxylic acids is 1. The van der Waals surface area contributed by atoms with Gasteiger partial charge in [-0.2, -0.15) is 0 Å². The molecule has 1 atom stereocenters. The summed E-state index contributed by atoms with van der Waals surface area (Å²) in [6, 6.07) is 8.83. The number of carbonyl (C=O) groups is 1. The second kappa shape index (κ2) is 8.49. The fourth-order valence-electron chi connectivity index (χ4n) is 5.74. The molecular formula is C26H35N3O. The highest BCUT2D eigenvalue weighted by atomic mass is 16.2. The predicted molar refractivity (Wildman–Crippen MR) is 124 cm³/mol. The Labute approximate surface area is 181 Å². The van der Waals surface area contributed by atoms with Gasteiger partial charge >= 0.3 is 0 Å². The summed E-state index contributed by atoms with van der Waals surface area (Å²) >= 11 is 0. The van der Waals surface area contributed by atoms with Crippen molar-refractivity contribution in [3.05, 3.63) is 48.1 Å². The van der Waals surface area contributed by atoms with Crippen LogP contribution in [-0.2, 0) is 4.79 Å². The van der Waals surface area contributed by atoms with Crippen LogP contribution in [0.5, 0.6) is 0 Å². The number of hydrogen-bond acceptors (Lipinski definition) is 3. The number of benzene rings is 1. The molecule has 2 aliphatic carbocycles. The number of allylic oxidation sites excluding steroid dienone is 3. The van der Waals surface area contributed by atoms with E-state index in [0.717, 1.165) is 44.0 Å². The topological polar surface area (TPSA) is 35.6 Å². The highest BCUT2D eigenvalue weighted by Crippen LogP contribution is 2.59. The maximum absolute atomic E-state index is 12.8. The normalized spacial score (nSPS) is 25.2. The zero-order valence-electron chi connectivity index (χ0n) is 18.1. The number of piperidine rings is 2. The van der Waals surface area contributed by atoms with Gasteiger partial charge in [0.15, 0.2) is 0 Å². The first-order chi connectivity index (χ1) is 14.8. The van der Waals surface area contributed by atoms with Crippen molar-refractivity contribution in [1.29, 1.82) is 0 Å². The second-order valence-corrected chi connectivity index (χ2v) is 9.66. The van der Waals surface area contributed by atoms with Crippen LogP contribution >= 0.6 is 0 Å². The van der Waals surface area contributed by atoms with Crippen LogP contribution in [0.1, 0.15) is 51.4 Å². The molecule has 2 heterocycles. The summed E-state index contributed by atoms with van der Waals surface area (Å²) in [7, 11) is 0. The largest absolute Gasteiger partial charge is 0.383 e. The van der Waals surface area contributed by atoms with Gasteiger partial charge < -0.3 is 15.1 Å². The third-order valence-electron chi connectivity index (χ3n) is 7.83. The van der Waals surface area contributed by atoms with Crippen LogP contribution in [0.15, 0.2) is 48.1 Å². The van der Waals surface area contributed by atoms with Crippen molar-refractivity contribution in [2.24, 2.45) is 11.3 Å². The lowest BCUT2D eigenvalue weighted by Gasteiger charge is -2.34.